The minimum Gasteiger partial charge on any atom is -0.309 e. The number of hydrogen-bond acceptors (Lipinski definition) is 2. The first-order chi connectivity index (χ1) is 27.6. The number of fused-ring (bicyclic) bond motifs is 7. The highest BCUT2D eigenvalue weighted by molar-refractivity contribution is 7.84. The molecule has 0 N–H and O–H groups in total. The van der Waals surface area contributed by atoms with E-state index in [4.69, 9.17) is 17.6 Å². The van der Waals surface area contributed by atoms with Crippen molar-refractivity contribution < 1.29 is 0 Å². The van der Waals surface area contributed by atoms with Crippen LogP contribution in [0.5, 0.6) is 0 Å². The van der Waals surface area contributed by atoms with Crippen molar-refractivity contribution in [1.29, 1.82) is 0 Å². The van der Waals surface area contributed by atoms with Gasteiger partial charge < -0.3 is 9.13 Å². The van der Waals surface area contributed by atoms with E-state index in [0.29, 0.717) is 6.54 Å². The molecule has 7 aromatic rings. The summed E-state index contributed by atoms with van der Waals surface area (Å²) in [6.07, 6.45) is 23.1. The van der Waals surface area contributed by atoms with Crippen molar-refractivity contribution in [2.75, 3.05) is 6.54 Å². The van der Waals surface area contributed by atoms with Gasteiger partial charge >= 0.3 is 0 Å². The molecule has 2 aromatic heterocycles. The molecule has 0 fully saturated rings. The minimum atomic E-state index is 0.137. The van der Waals surface area contributed by atoms with Gasteiger partial charge in [-0.15, -0.1) is 12.6 Å². The molecule has 272 valence electrons. The Labute approximate surface area is 334 Å². The van der Waals surface area contributed by atoms with Crippen LogP contribution in [-0.2, 0) is 0 Å². The highest BCUT2D eigenvalue weighted by Crippen LogP contribution is 2.43. The second-order valence-electron chi connectivity index (χ2n) is 14.4. The Morgan fingerprint density at radius 2 is 1.39 bits per heavy atom. The van der Waals surface area contributed by atoms with Crippen LogP contribution in [0.15, 0.2) is 215 Å². The fraction of sp³-hybridized carbons (Fsp3) is 0.0962. The molecule has 3 heterocycles. The lowest BCUT2D eigenvalue weighted by Crippen LogP contribution is -2.07. The van der Waals surface area contributed by atoms with E-state index in [1.807, 2.05) is 12.2 Å². The van der Waals surface area contributed by atoms with Crippen molar-refractivity contribution in [2.24, 2.45) is 10.9 Å². The molecule has 0 spiro atoms. The van der Waals surface area contributed by atoms with E-state index < -0.39 is 0 Å². The summed E-state index contributed by atoms with van der Waals surface area (Å²) in [6, 6.07) is 43.7. The van der Waals surface area contributed by atoms with Crippen LogP contribution >= 0.6 is 12.6 Å². The van der Waals surface area contributed by atoms with Gasteiger partial charge in [0.2, 0.25) is 0 Å². The Kier molecular flexibility index (Phi) is 9.73. The number of benzene rings is 5. The Bertz CT molecular complexity index is 2890. The summed E-state index contributed by atoms with van der Waals surface area (Å²) in [7, 11) is 0. The van der Waals surface area contributed by atoms with Crippen molar-refractivity contribution in [3.63, 3.8) is 0 Å². The first kappa shape index (κ1) is 35.3. The molecule has 1 aliphatic heterocycles. The van der Waals surface area contributed by atoms with E-state index in [2.05, 4.69) is 193 Å². The smallest absolute Gasteiger partial charge is 0.0700 e. The largest absolute Gasteiger partial charge is 0.309 e. The van der Waals surface area contributed by atoms with Gasteiger partial charge in [-0.25, -0.2) is 0 Å². The molecule has 2 aliphatic rings. The molecule has 0 unspecified atom stereocenters. The SMILES string of the molecule is C=C/C=C(S)\C(=C/CCC1=CC(n2c3ccccc3c3c2ccc2c4ccccc4n(-c4ccccc4)c23)=C(C)C(c2ccccc2)=NC1)C1C=CC=CC=C1. The number of aromatic nitrogens is 2. The second-order valence-corrected chi connectivity index (χ2v) is 14.9. The standard InChI is InChI=1S/C52H43N3S/c1-3-19-49(56)41(38-21-8-4-5-9-22-38)29-18-20-37-34-48(36(2)51(53-35-37)39-23-10-6-11-24-39)55-46-31-17-15-28-44(46)50-47(55)33-32-43-42-27-14-16-30-45(42)54(52(43)50)40-25-12-7-13-26-40/h3-17,19,21-34,38,56H,1,18,20,35H2,2H3/b41-29-,49-19+. The fourth-order valence-electron chi connectivity index (χ4n) is 8.47. The average molecular weight is 742 g/mol. The van der Waals surface area contributed by atoms with Gasteiger partial charge in [-0.1, -0.05) is 146 Å². The number of nitrogens with zero attached hydrogens (tertiary/aromatic N) is 3. The van der Waals surface area contributed by atoms with Crippen molar-refractivity contribution >= 4 is 67.6 Å². The molecule has 0 saturated carbocycles. The molecule has 0 atom stereocenters. The molecule has 9 rings (SSSR count). The second kappa shape index (κ2) is 15.4. The quantitative estimate of drug-likeness (QED) is 0.112. The van der Waals surface area contributed by atoms with Gasteiger partial charge in [0.15, 0.2) is 0 Å². The van der Waals surface area contributed by atoms with E-state index in [1.54, 1.807) is 0 Å². The minimum absolute atomic E-state index is 0.137. The van der Waals surface area contributed by atoms with Crippen molar-refractivity contribution in [3.8, 4) is 5.69 Å². The van der Waals surface area contributed by atoms with Crippen LogP contribution in [0.1, 0.15) is 25.3 Å². The van der Waals surface area contributed by atoms with Crippen molar-refractivity contribution in [2.45, 2.75) is 19.8 Å². The molecule has 4 heteroatoms. The number of hydrogen-bond donors (Lipinski definition) is 1. The van der Waals surface area contributed by atoms with Crippen LogP contribution in [-0.4, -0.2) is 21.4 Å². The summed E-state index contributed by atoms with van der Waals surface area (Å²) in [5.74, 6) is 0.137. The van der Waals surface area contributed by atoms with Crippen LogP contribution in [0.25, 0.3) is 55.0 Å². The fourth-order valence-corrected chi connectivity index (χ4v) is 8.81. The topological polar surface area (TPSA) is 22.2 Å². The summed E-state index contributed by atoms with van der Waals surface area (Å²) in [5.41, 5.74) is 12.9. The van der Waals surface area contributed by atoms with Crippen molar-refractivity contribution in [1.82, 2.24) is 9.13 Å². The third-order valence-corrected chi connectivity index (χ3v) is 11.4. The number of thiol groups is 1. The third-order valence-electron chi connectivity index (χ3n) is 11.0. The van der Waals surface area contributed by atoms with Crippen LogP contribution in [0.3, 0.4) is 0 Å². The zero-order valence-corrected chi connectivity index (χ0v) is 32.4. The molecule has 1 aliphatic carbocycles. The lowest BCUT2D eigenvalue weighted by atomic mass is 9.95. The van der Waals surface area contributed by atoms with Crippen LogP contribution < -0.4 is 0 Å². The van der Waals surface area contributed by atoms with E-state index in [-0.39, 0.29) is 5.92 Å². The Morgan fingerprint density at radius 3 is 2.12 bits per heavy atom. The summed E-state index contributed by atoms with van der Waals surface area (Å²) in [4.78, 5) is 6.29. The molecule has 0 bridgehead atoms. The maximum Gasteiger partial charge on any atom is 0.0700 e. The molecular formula is C52H43N3S. The highest BCUT2D eigenvalue weighted by atomic mass is 32.1. The zero-order valence-electron chi connectivity index (χ0n) is 31.5. The van der Waals surface area contributed by atoms with E-state index >= 15 is 0 Å². The zero-order chi connectivity index (χ0) is 38.0. The maximum atomic E-state index is 5.36. The molecule has 0 amide bonds. The normalized spacial score (nSPS) is 15.5. The highest BCUT2D eigenvalue weighted by Gasteiger charge is 2.24. The molecule has 3 nitrogen and oxygen atoms in total. The van der Waals surface area contributed by atoms with Crippen molar-refractivity contribution in [3.05, 3.63) is 216 Å². The van der Waals surface area contributed by atoms with E-state index in [0.717, 1.165) is 46.0 Å². The summed E-state index contributed by atoms with van der Waals surface area (Å²) < 4.78 is 4.94. The summed E-state index contributed by atoms with van der Waals surface area (Å²) in [6.45, 7) is 6.81. The van der Waals surface area contributed by atoms with Gasteiger partial charge in [0.05, 0.1) is 40.0 Å². The van der Waals surface area contributed by atoms with E-state index in [1.165, 1.54) is 54.8 Å². The van der Waals surface area contributed by atoms with Crippen LogP contribution in [0.4, 0.5) is 0 Å². The predicted octanol–water partition coefficient (Wildman–Crippen LogP) is 13.6. The maximum absolute atomic E-state index is 5.36. The number of rotatable bonds is 9. The number of para-hydroxylation sites is 3. The van der Waals surface area contributed by atoms with Gasteiger partial charge in [-0.05, 0) is 79.0 Å². The first-order valence-corrected chi connectivity index (χ1v) is 19.8. The van der Waals surface area contributed by atoms with E-state index in [9.17, 15) is 0 Å². The van der Waals surface area contributed by atoms with Gasteiger partial charge in [-0.3, -0.25) is 4.99 Å². The van der Waals surface area contributed by atoms with Gasteiger partial charge in [0.25, 0.3) is 0 Å². The van der Waals surface area contributed by atoms with Gasteiger partial charge in [0, 0.05) is 43.6 Å². The third kappa shape index (κ3) is 6.36. The monoisotopic (exact) mass is 741 g/mol. The Hall–Kier alpha value is -6.36. The summed E-state index contributed by atoms with van der Waals surface area (Å²) in [5, 5.41) is 4.98. The lowest BCUT2D eigenvalue weighted by molar-refractivity contribution is 0.905. The number of aliphatic imine (C=N–C) groups is 1. The Balaban J connectivity index is 1.25. The first-order valence-electron chi connectivity index (χ1n) is 19.4. The molecule has 0 saturated heterocycles. The molecule has 56 heavy (non-hydrogen) atoms. The van der Waals surface area contributed by atoms with Crippen LogP contribution in [0.2, 0.25) is 0 Å². The Morgan fingerprint density at radius 1 is 0.732 bits per heavy atom. The molecular weight excluding hydrogens is 699 g/mol. The molecule has 5 aromatic carbocycles. The average Bonchev–Trinajstić information content (AvgIpc) is 3.52. The summed E-state index contributed by atoms with van der Waals surface area (Å²) >= 11 is 4.91. The number of allylic oxidation sites excluding steroid dienone is 13. The van der Waals surface area contributed by atoms with Gasteiger partial charge in [0.1, 0.15) is 0 Å². The lowest BCUT2D eigenvalue weighted by Gasteiger charge is -2.15. The molecule has 0 radical (unpaired) electrons. The van der Waals surface area contributed by atoms with Crippen LogP contribution in [0, 0.1) is 5.92 Å². The predicted molar refractivity (Wildman–Crippen MR) is 244 cm³/mol. The van der Waals surface area contributed by atoms with Gasteiger partial charge in [-0.2, -0.15) is 0 Å².